The van der Waals surface area contributed by atoms with Crippen LogP contribution >= 0.6 is 0 Å². The van der Waals surface area contributed by atoms with Crippen molar-refractivity contribution in [1.29, 1.82) is 0 Å². The molecule has 0 saturated heterocycles. The highest BCUT2D eigenvalue weighted by molar-refractivity contribution is 6.00. The minimum Gasteiger partial charge on any atom is -0.438 e. The molecule has 2 amide bonds. The average molecular weight is 497 g/mol. The third-order valence-corrected chi connectivity index (χ3v) is 6.11. The summed E-state index contributed by atoms with van der Waals surface area (Å²) in [5.41, 5.74) is 5.82. The summed E-state index contributed by atoms with van der Waals surface area (Å²) in [5, 5.41) is 8.83. The van der Waals surface area contributed by atoms with Crippen LogP contribution in [0.1, 0.15) is 37.5 Å². The van der Waals surface area contributed by atoms with E-state index in [2.05, 4.69) is 57.7 Å². The van der Waals surface area contributed by atoms with Crippen LogP contribution in [0.25, 0.3) is 11.3 Å². The zero-order valence-electron chi connectivity index (χ0n) is 22.0. The number of benzene rings is 2. The lowest BCUT2D eigenvalue weighted by atomic mass is 9.87. The van der Waals surface area contributed by atoms with Gasteiger partial charge < -0.3 is 20.7 Å². The number of amides is 2. The Labute approximate surface area is 217 Å². The Bertz CT molecular complexity index is 1430. The fourth-order valence-corrected chi connectivity index (χ4v) is 3.79. The first-order valence-electron chi connectivity index (χ1n) is 12.1. The first-order valence-corrected chi connectivity index (χ1v) is 12.1. The number of anilines is 3. The summed E-state index contributed by atoms with van der Waals surface area (Å²) in [6.07, 6.45) is 3.36. The molecule has 8 heteroatoms. The molecule has 0 fully saturated rings. The first-order chi connectivity index (χ1) is 17.7. The number of hydrogen-bond acceptors (Lipinski definition) is 6. The van der Waals surface area contributed by atoms with Crippen LogP contribution in [0.3, 0.4) is 0 Å². The smallest absolute Gasteiger partial charge is 0.323 e. The van der Waals surface area contributed by atoms with Crippen molar-refractivity contribution >= 4 is 23.4 Å². The predicted molar refractivity (Wildman–Crippen MR) is 149 cm³/mol. The van der Waals surface area contributed by atoms with Crippen LogP contribution in [-0.2, 0) is 5.41 Å². The van der Waals surface area contributed by atoms with E-state index in [-0.39, 0.29) is 11.4 Å². The quantitative estimate of drug-likeness (QED) is 0.268. The average Bonchev–Trinajstić information content (AvgIpc) is 2.88. The lowest BCUT2D eigenvalue weighted by Gasteiger charge is -2.20. The van der Waals surface area contributed by atoms with Crippen LogP contribution in [0.5, 0.6) is 11.6 Å². The Balaban J connectivity index is 1.52. The molecule has 190 valence electrons. The molecule has 0 aliphatic heterocycles. The van der Waals surface area contributed by atoms with E-state index in [0.717, 1.165) is 27.9 Å². The lowest BCUT2D eigenvalue weighted by Crippen LogP contribution is -2.21. The second-order valence-electron chi connectivity index (χ2n) is 9.74. The summed E-state index contributed by atoms with van der Waals surface area (Å²) in [5.74, 6) is 1.59. The number of carbonyl (C=O) groups is 1. The van der Waals surface area contributed by atoms with Gasteiger partial charge in [-0.15, -0.1) is 0 Å². The number of nitrogens with zero attached hydrogens (tertiary/aromatic N) is 3. The number of aromatic nitrogens is 3. The van der Waals surface area contributed by atoms with Gasteiger partial charge in [0.25, 0.3) is 0 Å². The maximum absolute atomic E-state index is 12.8. The summed E-state index contributed by atoms with van der Waals surface area (Å²) >= 11 is 0. The molecular formula is C29H32N6O2. The Morgan fingerprint density at radius 1 is 0.892 bits per heavy atom. The standard InChI is InChI=1S/C29H32N6O2/c1-18-19(2)25(37-26-22(11-8-15-31-26)24-14-16-32-27(30-6)34-24)13-12-23(18)35-28(36)33-21-10-7-9-20(17-21)29(3,4)5/h7-17H,1-6H3,(H,30,32,34)(H2,33,35,36). The molecule has 4 aromatic rings. The van der Waals surface area contributed by atoms with Crippen molar-refractivity contribution in [1.82, 2.24) is 15.0 Å². The van der Waals surface area contributed by atoms with Crippen LogP contribution < -0.4 is 20.7 Å². The fraction of sp³-hybridized carbons (Fsp3) is 0.241. The van der Waals surface area contributed by atoms with Gasteiger partial charge in [0.2, 0.25) is 11.8 Å². The zero-order chi connectivity index (χ0) is 26.6. The van der Waals surface area contributed by atoms with Gasteiger partial charge in [-0.3, -0.25) is 0 Å². The molecule has 3 N–H and O–H groups in total. The number of pyridine rings is 1. The third-order valence-electron chi connectivity index (χ3n) is 6.11. The second-order valence-corrected chi connectivity index (χ2v) is 9.74. The van der Waals surface area contributed by atoms with Crippen LogP contribution in [0.4, 0.5) is 22.1 Å². The van der Waals surface area contributed by atoms with Gasteiger partial charge in [0.15, 0.2) is 0 Å². The molecule has 0 unspecified atom stereocenters. The highest BCUT2D eigenvalue weighted by Gasteiger charge is 2.16. The molecule has 0 aliphatic carbocycles. The third kappa shape index (κ3) is 6.03. The van der Waals surface area contributed by atoms with Crippen molar-refractivity contribution in [3.63, 3.8) is 0 Å². The Hall–Kier alpha value is -4.46. The molecule has 0 saturated carbocycles. The molecule has 2 heterocycles. The van der Waals surface area contributed by atoms with Gasteiger partial charge in [0.1, 0.15) is 5.75 Å². The van der Waals surface area contributed by atoms with Crippen LogP contribution in [0.15, 0.2) is 67.0 Å². The molecule has 2 aromatic carbocycles. The molecule has 0 atom stereocenters. The molecular weight excluding hydrogens is 464 g/mol. The number of urea groups is 1. The van der Waals surface area contributed by atoms with Gasteiger partial charge in [-0.2, -0.15) is 0 Å². The van der Waals surface area contributed by atoms with Crippen molar-refractivity contribution < 1.29 is 9.53 Å². The van der Waals surface area contributed by atoms with Gasteiger partial charge in [-0.05, 0) is 78.4 Å². The normalized spacial score (nSPS) is 11.1. The SMILES string of the molecule is CNc1nccc(-c2cccnc2Oc2ccc(NC(=O)Nc3cccc(C(C)(C)C)c3)c(C)c2C)n1. The molecule has 8 nitrogen and oxygen atoms in total. The largest absolute Gasteiger partial charge is 0.438 e. The topological polar surface area (TPSA) is 101 Å². The predicted octanol–water partition coefficient (Wildman–Crippen LogP) is 6.93. The van der Waals surface area contributed by atoms with E-state index in [9.17, 15) is 4.79 Å². The van der Waals surface area contributed by atoms with Gasteiger partial charge >= 0.3 is 6.03 Å². The van der Waals surface area contributed by atoms with Gasteiger partial charge in [-0.25, -0.2) is 19.7 Å². The van der Waals surface area contributed by atoms with Crippen molar-refractivity contribution in [3.8, 4) is 22.9 Å². The summed E-state index contributed by atoms with van der Waals surface area (Å²) in [7, 11) is 1.77. The number of carbonyl (C=O) groups excluding carboxylic acids is 1. The zero-order valence-corrected chi connectivity index (χ0v) is 22.0. The molecule has 0 bridgehead atoms. The summed E-state index contributed by atoms with van der Waals surface area (Å²) in [6.45, 7) is 10.3. The Morgan fingerprint density at radius 3 is 2.46 bits per heavy atom. The minimum absolute atomic E-state index is 0.00614. The van der Waals surface area contributed by atoms with Gasteiger partial charge in [0.05, 0.1) is 11.3 Å². The van der Waals surface area contributed by atoms with Crippen LogP contribution in [0.2, 0.25) is 0 Å². The molecule has 0 radical (unpaired) electrons. The molecule has 0 aliphatic rings. The fourth-order valence-electron chi connectivity index (χ4n) is 3.79. The molecule has 2 aromatic heterocycles. The molecule has 37 heavy (non-hydrogen) atoms. The van der Waals surface area contributed by atoms with E-state index in [1.807, 2.05) is 62.4 Å². The first kappa shape index (κ1) is 25.6. The summed E-state index contributed by atoms with van der Waals surface area (Å²) in [4.78, 5) is 25.9. The van der Waals surface area contributed by atoms with Crippen LogP contribution in [-0.4, -0.2) is 28.0 Å². The van der Waals surface area contributed by atoms with Crippen molar-refractivity contribution in [2.75, 3.05) is 23.0 Å². The monoisotopic (exact) mass is 496 g/mol. The maximum atomic E-state index is 12.8. The Kier molecular flexibility index (Phi) is 7.38. The minimum atomic E-state index is -0.307. The maximum Gasteiger partial charge on any atom is 0.323 e. The van der Waals surface area contributed by atoms with E-state index in [4.69, 9.17) is 4.74 Å². The van der Waals surface area contributed by atoms with Gasteiger partial charge in [-0.1, -0.05) is 32.9 Å². The van der Waals surface area contributed by atoms with Gasteiger partial charge in [0, 0.05) is 30.8 Å². The van der Waals surface area contributed by atoms with E-state index in [1.165, 1.54) is 0 Å². The Morgan fingerprint density at radius 2 is 1.70 bits per heavy atom. The van der Waals surface area contributed by atoms with Crippen molar-refractivity contribution in [2.45, 2.75) is 40.0 Å². The van der Waals surface area contributed by atoms with E-state index >= 15 is 0 Å². The summed E-state index contributed by atoms with van der Waals surface area (Å²) in [6, 6.07) is 16.8. The highest BCUT2D eigenvalue weighted by Crippen LogP contribution is 2.35. The van der Waals surface area contributed by atoms with Crippen molar-refractivity contribution in [3.05, 3.63) is 83.7 Å². The van der Waals surface area contributed by atoms with E-state index in [1.54, 1.807) is 19.4 Å². The van der Waals surface area contributed by atoms with Crippen molar-refractivity contribution in [2.24, 2.45) is 0 Å². The highest BCUT2D eigenvalue weighted by atomic mass is 16.5. The van der Waals surface area contributed by atoms with Crippen LogP contribution in [0, 0.1) is 13.8 Å². The summed E-state index contributed by atoms with van der Waals surface area (Å²) < 4.78 is 6.23. The molecule has 4 rings (SSSR count). The van der Waals surface area contributed by atoms with E-state index in [0.29, 0.717) is 29.0 Å². The number of rotatable bonds is 6. The lowest BCUT2D eigenvalue weighted by molar-refractivity contribution is 0.262. The number of nitrogens with one attached hydrogen (secondary N) is 3. The molecule has 0 spiro atoms. The van der Waals surface area contributed by atoms with E-state index < -0.39 is 0 Å². The number of ether oxygens (including phenoxy) is 1. The second kappa shape index (κ2) is 10.7. The number of hydrogen-bond donors (Lipinski definition) is 3.